The summed E-state index contributed by atoms with van der Waals surface area (Å²) >= 11 is 0. The molecule has 2 heterocycles. The second-order valence-electron chi connectivity index (χ2n) is 8.58. The minimum atomic E-state index is -0.658. The molecule has 0 aliphatic carbocycles. The molecule has 0 saturated heterocycles. The number of hydrogen-bond acceptors (Lipinski definition) is 4. The van der Waals surface area contributed by atoms with E-state index in [0.717, 1.165) is 11.1 Å². The molecule has 0 bridgehead atoms. The molecule has 6 nitrogen and oxygen atoms in total. The van der Waals surface area contributed by atoms with Crippen LogP contribution in [0.4, 0.5) is 5.69 Å². The molecule has 0 fully saturated rings. The fraction of sp³-hybridized carbons (Fsp3) is 0.148. The number of rotatable bonds is 5. The number of anilines is 1. The van der Waals surface area contributed by atoms with Crippen LogP contribution in [0.25, 0.3) is 16.9 Å². The van der Waals surface area contributed by atoms with Crippen LogP contribution in [0.15, 0.2) is 91.4 Å². The van der Waals surface area contributed by atoms with E-state index in [4.69, 9.17) is 4.74 Å². The average Bonchev–Trinajstić information content (AvgIpc) is 3.33. The van der Waals surface area contributed by atoms with Crippen molar-refractivity contribution >= 4 is 17.6 Å². The van der Waals surface area contributed by atoms with Gasteiger partial charge in [0, 0.05) is 18.6 Å². The Labute approximate surface area is 192 Å². The second kappa shape index (κ2) is 9.12. The first-order valence-electron chi connectivity index (χ1n) is 10.6. The summed E-state index contributed by atoms with van der Waals surface area (Å²) in [5.41, 5.74) is 2.24. The molecule has 0 aliphatic heterocycles. The lowest BCUT2D eigenvalue weighted by Crippen LogP contribution is -2.25. The van der Waals surface area contributed by atoms with Crippen LogP contribution in [0.1, 0.15) is 41.5 Å². The number of aromatic nitrogens is 2. The van der Waals surface area contributed by atoms with Gasteiger partial charge in [-0.3, -0.25) is 4.79 Å². The number of carbonyl (C=O) groups excluding carboxylic acids is 2. The van der Waals surface area contributed by atoms with E-state index in [0.29, 0.717) is 17.1 Å². The molecule has 166 valence electrons. The third-order valence-corrected chi connectivity index (χ3v) is 4.87. The van der Waals surface area contributed by atoms with Crippen LogP contribution in [-0.2, 0) is 4.74 Å². The van der Waals surface area contributed by atoms with Crippen molar-refractivity contribution in [2.45, 2.75) is 26.4 Å². The molecular formula is C27H25N3O3. The van der Waals surface area contributed by atoms with Gasteiger partial charge in [0.05, 0.1) is 16.8 Å². The number of benzene rings is 2. The molecule has 2 aromatic carbocycles. The molecule has 33 heavy (non-hydrogen) atoms. The highest BCUT2D eigenvalue weighted by molar-refractivity contribution is 6.08. The number of ether oxygens (including phenoxy) is 1. The van der Waals surface area contributed by atoms with Gasteiger partial charge in [-0.2, -0.15) is 0 Å². The highest BCUT2D eigenvalue weighted by Gasteiger charge is 2.22. The van der Waals surface area contributed by atoms with E-state index in [9.17, 15) is 9.59 Å². The van der Waals surface area contributed by atoms with E-state index >= 15 is 0 Å². The molecule has 2 aromatic heterocycles. The van der Waals surface area contributed by atoms with Crippen molar-refractivity contribution in [1.29, 1.82) is 0 Å². The number of amides is 1. The lowest BCUT2D eigenvalue weighted by molar-refractivity contribution is 0.00708. The van der Waals surface area contributed by atoms with Crippen molar-refractivity contribution in [3.05, 3.63) is 103 Å². The number of esters is 1. The summed E-state index contributed by atoms with van der Waals surface area (Å²) in [6.45, 7) is 5.42. The van der Waals surface area contributed by atoms with Crippen molar-refractivity contribution in [2.75, 3.05) is 5.32 Å². The van der Waals surface area contributed by atoms with Gasteiger partial charge in [-0.15, -0.1) is 0 Å². The summed E-state index contributed by atoms with van der Waals surface area (Å²) in [6.07, 6.45) is 5.27. The molecule has 0 saturated carbocycles. The van der Waals surface area contributed by atoms with Crippen molar-refractivity contribution in [3.8, 4) is 16.9 Å². The molecule has 1 amide bonds. The van der Waals surface area contributed by atoms with Crippen LogP contribution >= 0.6 is 0 Å². The highest BCUT2D eigenvalue weighted by atomic mass is 16.6. The van der Waals surface area contributed by atoms with E-state index in [1.54, 1.807) is 45.0 Å². The van der Waals surface area contributed by atoms with Gasteiger partial charge in [0.1, 0.15) is 11.4 Å². The molecule has 0 atom stereocenters. The molecule has 0 radical (unpaired) electrons. The molecule has 6 heteroatoms. The summed E-state index contributed by atoms with van der Waals surface area (Å²) in [6, 6.07) is 22.3. The predicted octanol–water partition coefficient (Wildman–Crippen LogP) is 5.75. The summed E-state index contributed by atoms with van der Waals surface area (Å²) in [5, 5.41) is 2.87. The van der Waals surface area contributed by atoms with Gasteiger partial charge in [-0.25, -0.2) is 9.78 Å². The van der Waals surface area contributed by atoms with E-state index in [-0.39, 0.29) is 11.5 Å². The fourth-order valence-corrected chi connectivity index (χ4v) is 3.32. The zero-order valence-electron chi connectivity index (χ0n) is 18.8. The number of nitrogens with zero attached hydrogens (tertiary/aromatic N) is 2. The summed E-state index contributed by atoms with van der Waals surface area (Å²) in [5.74, 6) is -0.160. The monoisotopic (exact) mass is 439 g/mol. The lowest BCUT2D eigenvalue weighted by atomic mass is 10.0. The normalized spacial score (nSPS) is 11.1. The van der Waals surface area contributed by atoms with E-state index in [2.05, 4.69) is 10.3 Å². The Morgan fingerprint density at radius 1 is 0.879 bits per heavy atom. The maximum Gasteiger partial charge on any atom is 0.340 e. The van der Waals surface area contributed by atoms with Gasteiger partial charge in [0.2, 0.25) is 0 Å². The van der Waals surface area contributed by atoms with Gasteiger partial charge in [-0.05, 0) is 68.3 Å². The Bertz CT molecular complexity index is 1260. The smallest absolute Gasteiger partial charge is 0.340 e. The first kappa shape index (κ1) is 22.0. The van der Waals surface area contributed by atoms with E-state index < -0.39 is 11.6 Å². The maximum atomic E-state index is 13.0. The molecule has 0 aliphatic rings. The Balaban J connectivity index is 1.64. The van der Waals surface area contributed by atoms with Gasteiger partial charge in [0.15, 0.2) is 0 Å². The van der Waals surface area contributed by atoms with Crippen LogP contribution in [-0.4, -0.2) is 27.0 Å². The quantitative estimate of drug-likeness (QED) is 0.402. The maximum absolute atomic E-state index is 13.0. The standard InChI is InChI=1S/C27H25N3O3/c1-27(2,3)33-26(32)22-13-11-20(19-9-5-4-6-10-19)17-23(22)29-25(31)21-12-14-24(28-18-21)30-15-7-8-16-30/h4-18H,1-3H3,(H,29,31). The molecule has 4 rings (SSSR count). The number of pyridine rings is 1. The molecular weight excluding hydrogens is 414 g/mol. The minimum absolute atomic E-state index is 0.287. The van der Waals surface area contributed by atoms with Gasteiger partial charge < -0.3 is 14.6 Å². The fourth-order valence-electron chi connectivity index (χ4n) is 3.32. The van der Waals surface area contributed by atoms with Crippen molar-refractivity contribution in [1.82, 2.24) is 9.55 Å². The molecule has 4 aromatic rings. The first-order chi connectivity index (χ1) is 15.8. The van der Waals surface area contributed by atoms with Crippen LogP contribution < -0.4 is 5.32 Å². The van der Waals surface area contributed by atoms with Crippen LogP contribution in [0.3, 0.4) is 0 Å². The third-order valence-electron chi connectivity index (χ3n) is 4.87. The average molecular weight is 440 g/mol. The SMILES string of the molecule is CC(C)(C)OC(=O)c1ccc(-c2ccccc2)cc1NC(=O)c1ccc(-n2cccc2)nc1. The number of hydrogen-bond donors (Lipinski definition) is 1. The summed E-state index contributed by atoms with van der Waals surface area (Å²) in [4.78, 5) is 30.2. The first-order valence-corrected chi connectivity index (χ1v) is 10.6. The molecule has 0 spiro atoms. The lowest BCUT2D eigenvalue weighted by Gasteiger charge is -2.21. The van der Waals surface area contributed by atoms with Crippen molar-refractivity contribution < 1.29 is 14.3 Å². The zero-order valence-corrected chi connectivity index (χ0v) is 18.8. The summed E-state index contributed by atoms with van der Waals surface area (Å²) in [7, 11) is 0. The topological polar surface area (TPSA) is 73.2 Å². The van der Waals surface area contributed by atoms with E-state index in [1.165, 1.54) is 6.20 Å². The summed E-state index contributed by atoms with van der Waals surface area (Å²) < 4.78 is 7.40. The van der Waals surface area contributed by atoms with Crippen molar-refractivity contribution in [2.24, 2.45) is 0 Å². The van der Waals surface area contributed by atoms with Crippen LogP contribution in [0, 0.1) is 0 Å². The van der Waals surface area contributed by atoms with Gasteiger partial charge in [0.25, 0.3) is 5.91 Å². The second-order valence-corrected chi connectivity index (χ2v) is 8.58. The molecule has 1 N–H and O–H groups in total. The molecule has 0 unspecified atom stereocenters. The number of nitrogens with one attached hydrogen (secondary N) is 1. The van der Waals surface area contributed by atoms with Gasteiger partial charge in [-0.1, -0.05) is 36.4 Å². The van der Waals surface area contributed by atoms with Crippen LogP contribution in [0.5, 0.6) is 0 Å². The minimum Gasteiger partial charge on any atom is -0.456 e. The largest absolute Gasteiger partial charge is 0.456 e. The Kier molecular flexibility index (Phi) is 6.09. The third kappa shape index (κ3) is 5.36. The van der Waals surface area contributed by atoms with Crippen molar-refractivity contribution in [3.63, 3.8) is 0 Å². The Morgan fingerprint density at radius 2 is 1.61 bits per heavy atom. The highest BCUT2D eigenvalue weighted by Crippen LogP contribution is 2.28. The Hall–Kier alpha value is -4.19. The van der Waals surface area contributed by atoms with Gasteiger partial charge >= 0.3 is 5.97 Å². The van der Waals surface area contributed by atoms with Crippen LogP contribution in [0.2, 0.25) is 0 Å². The number of carbonyl (C=O) groups is 2. The zero-order chi connectivity index (χ0) is 23.4. The predicted molar refractivity (Wildman–Crippen MR) is 129 cm³/mol. The van der Waals surface area contributed by atoms with E-state index in [1.807, 2.05) is 65.5 Å². The Morgan fingerprint density at radius 3 is 2.24 bits per heavy atom.